The molecule has 4 heteroatoms. The fourth-order valence-corrected chi connectivity index (χ4v) is 3.31. The second-order valence-electron chi connectivity index (χ2n) is 3.87. The Balaban J connectivity index is 2.06. The molecule has 1 aromatic heterocycles. The maximum absolute atomic E-state index is 8.76. The van der Waals surface area contributed by atoms with Crippen LogP contribution in [0.25, 0.3) is 11.3 Å². The summed E-state index contributed by atoms with van der Waals surface area (Å²) in [5.41, 5.74) is 2.78. The van der Waals surface area contributed by atoms with Gasteiger partial charge < -0.3 is 0 Å². The van der Waals surface area contributed by atoms with Crippen LogP contribution in [-0.2, 0) is 5.75 Å². The number of thioether (sulfide) groups is 1. The number of aromatic nitrogens is 1. The van der Waals surface area contributed by atoms with E-state index in [1.807, 2.05) is 36.0 Å². The predicted octanol–water partition coefficient (Wildman–Crippen LogP) is 4.32. The number of nitriles is 1. The van der Waals surface area contributed by atoms with E-state index in [-0.39, 0.29) is 0 Å². The minimum absolute atomic E-state index is 0.688. The molecule has 0 amide bonds. The zero-order valence-electron chi connectivity index (χ0n) is 10.2. The first-order valence-electron chi connectivity index (χ1n) is 5.86. The third-order valence-electron chi connectivity index (χ3n) is 2.44. The molecule has 2 rings (SSSR count). The molecule has 0 N–H and O–H groups in total. The number of nitrogens with zero attached hydrogens (tertiary/aromatic N) is 2. The molecule has 0 aliphatic heterocycles. The number of thiazole rings is 1. The Hall–Kier alpha value is -1.31. The van der Waals surface area contributed by atoms with Crippen molar-refractivity contribution in [2.24, 2.45) is 0 Å². The number of hydrogen-bond acceptors (Lipinski definition) is 4. The van der Waals surface area contributed by atoms with Gasteiger partial charge in [0.25, 0.3) is 0 Å². The van der Waals surface area contributed by atoms with Crippen LogP contribution >= 0.6 is 23.1 Å². The summed E-state index contributed by atoms with van der Waals surface area (Å²) in [6.45, 7) is 2.19. The third kappa shape index (κ3) is 3.34. The molecule has 1 aromatic carbocycles. The summed E-state index contributed by atoms with van der Waals surface area (Å²) in [6, 6.07) is 9.70. The molecule has 0 fully saturated rings. The standard InChI is InChI=1S/C14H14N2S2/c1-2-7-17-10-14-16-13(9-18-14)12-5-3-11(8-15)4-6-12/h3-6,9H,2,7,10H2,1H3. The number of hydrogen-bond donors (Lipinski definition) is 0. The Morgan fingerprint density at radius 2 is 2.11 bits per heavy atom. The van der Waals surface area contributed by atoms with Gasteiger partial charge in [0.15, 0.2) is 0 Å². The number of benzene rings is 1. The normalized spacial score (nSPS) is 10.2. The maximum atomic E-state index is 8.76. The molecule has 0 unspecified atom stereocenters. The van der Waals surface area contributed by atoms with Gasteiger partial charge in [-0.2, -0.15) is 17.0 Å². The van der Waals surface area contributed by atoms with E-state index < -0.39 is 0 Å². The summed E-state index contributed by atoms with van der Waals surface area (Å²) in [7, 11) is 0. The summed E-state index contributed by atoms with van der Waals surface area (Å²) in [5, 5.41) is 12.0. The molecule has 1 heterocycles. The molecule has 2 nitrogen and oxygen atoms in total. The van der Waals surface area contributed by atoms with E-state index in [1.54, 1.807) is 11.3 Å². The molecule has 2 aromatic rings. The molecule has 0 bridgehead atoms. The van der Waals surface area contributed by atoms with Crippen LogP contribution in [0.4, 0.5) is 0 Å². The lowest BCUT2D eigenvalue weighted by Gasteiger charge is -1.97. The fourth-order valence-electron chi connectivity index (χ4n) is 1.53. The van der Waals surface area contributed by atoms with Gasteiger partial charge in [-0.3, -0.25) is 0 Å². The average molecular weight is 274 g/mol. The van der Waals surface area contributed by atoms with Crippen LogP contribution < -0.4 is 0 Å². The van der Waals surface area contributed by atoms with E-state index >= 15 is 0 Å². The highest BCUT2D eigenvalue weighted by molar-refractivity contribution is 7.98. The van der Waals surface area contributed by atoms with Gasteiger partial charge in [0, 0.05) is 16.7 Å². The van der Waals surface area contributed by atoms with Crippen molar-refractivity contribution in [2.75, 3.05) is 5.75 Å². The van der Waals surface area contributed by atoms with Gasteiger partial charge in [0.05, 0.1) is 17.3 Å². The molecule has 0 saturated carbocycles. The second kappa shape index (κ2) is 6.58. The second-order valence-corrected chi connectivity index (χ2v) is 5.92. The van der Waals surface area contributed by atoms with Crippen LogP contribution in [0.3, 0.4) is 0 Å². The molecular weight excluding hydrogens is 260 g/mol. The van der Waals surface area contributed by atoms with Crippen molar-refractivity contribution in [1.29, 1.82) is 5.26 Å². The first kappa shape index (κ1) is 13.1. The quantitative estimate of drug-likeness (QED) is 0.762. The largest absolute Gasteiger partial charge is 0.240 e. The third-order valence-corrected chi connectivity index (χ3v) is 4.64. The van der Waals surface area contributed by atoms with Crippen molar-refractivity contribution >= 4 is 23.1 Å². The van der Waals surface area contributed by atoms with Crippen LogP contribution in [0.5, 0.6) is 0 Å². The summed E-state index contributed by atoms with van der Waals surface area (Å²) in [4.78, 5) is 4.62. The van der Waals surface area contributed by atoms with Crippen LogP contribution in [0, 0.1) is 11.3 Å². The van der Waals surface area contributed by atoms with E-state index in [9.17, 15) is 0 Å². The van der Waals surface area contributed by atoms with Crippen LogP contribution in [0.1, 0.15) is 23.9 Å². The molecule has 0 aliphatic carbocycles. The highest BCUT2D eigenvalue weighted by Crippen LogP contribution is 2.24. The van der Waals surface area contributed by atoms with E-state index in [0.717, 1.165) is 17.0 Å². The van der Waals surface area contributed by atoms with Gasteiger partial charge in [-0.1, -0.05) is 19.1 Å². The highest BCUT2D eigenvalue weighted by atomic mass is 32.2. The van der Waals surface area contributed by atoms with Gasteiger partial charge in [-0.25, -0.2) is 4.98 Å². The van der Waals surface area contributed by atoms with Crippen LogP contribution in [0.15, 0.2) is 29.6 Å². The topological polar surface area (TPSA) is 36.7 Å². The van der Waals surface area contributed by atoms with Gasteiger partial charge in [0.2, 0.25) is 0 Å². The van der Waals surface area contributed by atoms with Crippen molar-refractivity contribution in [3.05, 3.63) is 40.2 Å². The lowest BCUT2D eigenvalue weighted by Crippen LogP contribution is -1.83. The predicted molar refractivity (Wildman–Crippen MR) is 78.7 cm³/mol. The van der Waals surface area contributed by atoms with Crippen molar-refractivity contribution in [2.45, 2.75) is 19.1 Å². The zero-order chi connectivity index (χ0) is 12.8. The van der Waals surface area contributed by atoms with Crippen molar-refractivity contribution in [3.8, 4) is 17.3 Å². The van der Waals surface area contributed by atoms with Crippen LogP contribution in [0.2, 0.25) is 0 Å². The summed E-state index contributed by atoms with van der Waals surface area (Å²) < 4.78 is 0. The van der Waals surface area contributed by atoms with Gasteiger partial charge in [0.1, 0.15) is 5.01 Å². The van der Waals surface area contributed by atoms with Crippen molar-refractivity contribution in [3.63, 3.8) is 0 Å². The van der Waals surface area contributed by atoms with E-state index in [4.69, 9.17) is 5.26 Å². The molecule has 0 saturated heterocycles. The summed E-state index contributed by atoms with van der Waals surface area (Å²) in [5.74, 6) is 2.18. The van der Waals surface area contributed by atoms with E-state index in [2.05, 4.69) is 23.4 Å². The average Bonchev–Trinajstić information content (AvgIpc) is 2.88. The molecule has 92 valence electrons. The smallest absolute Gasteiger partial charge is 0.103 e. The van der Waals surface area contributed by atoms with Gasteiger partial charge in [-0.05, 0) is 24.3 Å². The van der Waals surface area contributed by atoms with Crippen molar-refractivity contribution in [1.82, 2.24) is 4.98 Å². The molecule has 18 heavy (non-hydrogen) atoms. The minimum atomic E-state index is 0.688. The molecule has 0 aliphatic rings. The minimum Gasteiger partial charge on any atom is -0.240 e. The Morgan fingerprint density at radius 1 is 1.33 bits per heavy atom. The van der Waals surface area contributed by atoms with E-state index in [1.165, 1.54) is 17.2 Å². The Labute approximate surface area is 116 Å². The Bertz CT molecular complexity index is 538. The zero-order valence-corrected chi connectivity index (χ0v) is 11.9. The Morgan fingerprint density at radius 3 is 2.78 bits per heavy atom. The molecule has 0 atom stereocenters. The Kier molecular flexibility index (Phi) is 4.80. The highest BCUT2D eigenvalue weighted by Gasteiger charge is 2.04. The first-order valence-corrected chi connectivity index (χ1v) is 7.89. The summed E-state index contributed by atoms with van der Waals surface area (Å²) in [6.07, 6.45) is 1.21. The van der Waals surface area contributed by atoms with Gasteiger partial charge >= 0.3 is 0 Å². The van der Waals surface area contributed by atoms with Crippen molar-refractivity contribution < 1.29 is 0 Å². The van der Waals surface area contributed by atoms with E-state index in [0.29, 0.717) is 5.56 Å². The lowest BCUT2D eigenvalue weighted by atomic mass is 10.1. The van der Waals surface area contributed by atoms with Crippen LogP contribution in [-0.4, -0.2) is 10.7 Å². The monoisotopic (exact) mass is 274 g/mol. The maximum Gasteiger partial charge on any atom is 0.103 e. The first-order chi connectivity index (χ1) is 8.83. The fraction of sp³-hybridized carbons (Fsp3) is 0.286. The number of rotatable bonds is 5. The van der Waals surface area contributed by atoms with Gasteiger partial charge in [-0.15, -0.1) is 11.3 Å². The SMILES string of the molecule is CCCSCc1nc(-c2ccc(C#N)cc2)cs1. The molecule has 0 radical (unpaired) electrons. The lowest BCUT2D eigenvalue weighted by molar-refractivity contribution is 1.10. The molecular formula is C14H14N2S2. The molecule has 0 spiro atoms. The summed E-state index contributed by atoms with van der Waals surface area (Å²) >= 11 is 3.63.